The smallest absolute Gasteiger partial charge is 0.261 e. The Balaban J connectivity index is 1.78. The highest BCUT2D eigenvalue weighted by Crippen LogP contribution is 2.48. The number of likely N-dealkylation sites (tertiary alicyclic amines) is 1. The third-order valence-electron chi connectivity index (χ3n) is 5.88. The molecular weight excluding hydrogens is 370 g/mol. The maximum Gasteiger partial charge on any atom is 0.261 e. The number of nitrogens with zero attached hydrogens (tertiary/aromatic N) is 2. The van der Waals surface area contributed by atoms with E-state index in [0.29, 0.717) is 11.6 Å². The number of carbonyl (C=O) groups excluding carboxylic acids is 1. The zero-order chi connectivity index (χ0) is 19.2. The van der Waals surface area contributed by atoms with E-state index in [0.717, 1.165) is 49.7 Å². The number of carbonyl (C=O) groups is 1. The highest BCUT2D eigenvalue weighted by molar-refractivity contribution is 6.30. The first-order valence-corrected chi connectivity index (χ1v) is 9.53. The lowest BCUT2D eigenvalue weighted by atomic mass is 9.76. The fourth-order valence-electron chi connectivity index (χ4n) is 4.39. The molecule has 0 aliphatic carbocycles. The molecule has 27 heavy (non-hydrogen) atoms. The van der Waals surface area contributed by atoms with Gasteiger partial charge in [0.2, 0.25) is 0 Å². The standard InChI is InChI=1S/C21H21ClF2N2O/c1-25-10-3-8-21(9-11-25)13-26(18-7-6-14(22)12-16(18)21)20(27)15-4-2-5-17(23)19(15)24/h2,4-7,12H,3,8-11,13H2,1H3. The number of amides is 1. The van der Waals surface area contributed by atoms with E-state index in [2.05, 4.69) is 11.9 Å². The van der Waals surface area contributed by atoms with Crippen LogP contribution in [0.4, 0.5) is 14.5 Å². The Morgan fingerprint density at radius 3 is 2.78 bits per heavy atom. The van der Waals surface area contributed by atoms with Crippen molar-refractivity contribution in [3.05, 3.63) is 64.2 Å². The van der Waals surface area contributed by atoms with Crippen molar-refractivity contribution in [2.24, 2.45) is 0 Å². The molecule has 1 spiro atoms. The van der Waals surface area contributed by atoms with Crippen LogP contribution in [0.3, 0.4) is 0 Å². The van der Waals surface area contributed by atoms with Gasteiger partial charge in [-0.05, 0) is 75.3 Å². The van der Waals surface area contributed by atoms with Crippen LogP contribution in [0.1, 0.15) is 35.2 Å². The summed E-state index contributed by atoms with van der Waals surface area (Å²) >= 11 is 6.26. The summed E-state index contributed by atoms with van der Waals surface area (Å²) in [5.74, 6) is -2.62. The molecule has 1 atom stereocenters. The quantitative estimate of drug-likeness (QED) is 0.708. The molecular formula is C21H21ClF2N2O. The van der Waals surface area contributed by atoms with Crippen molar-refractivity contribution in [2.75, 3.05) is 31.6 Å². The van der Waals surface area contributed by atoms with Gasteiger partial charge >= 0.3 is 0 Å². The van der Waals surface area contributed by atoms with Crippen molar-refractivity contribution in [1.29, 1.82) is 0 Å². The van der Waals surface area contributed by atoms with Crippen molar-refractivity contribution >= 4 is 23.2 Å². The fourth-order valence-corrected chi connectivity index (χ4v) is 4.57. The molecule has 1 saturated heterocycles. The molecule has 1 amide bonds. The maximum atomic E-state index is 14.2. The van der Waals surface area contributed by atoms with E-state index in [1.54, 1.807) is 11.0 Å². The molecule has 142 valence electrons. The zero-order valence-corrected chi connectivity index (χ0v) is 15.9. The third-order valence-corrected chi connectivity index (χ3v) is 6.11. The lowest BCUT2D eigenvalue weighted by molar-refractivity contribution is 0.0979. The first kappa shape index (κ1) is 18.4. The Labute approximate surface area is 162 Å². The molecule has 0 radical (unpaired) electrons. The zero-order valence-electron chi connectivity index (χ0n) is 15.1. The number of benzene rings is 2. The van der Waals surface area contributed by atoms with Crippen LogP contribution in [-0.2, 0) is 5.41 Å². The summed E-state index contributed by atoms with van der Waals surface area (Å²) in [7, 11) is 2.10. The molecule has 4 rings (SSSR count). The first-order chi connectivity index (χ1) is 12.9. The predicted octanol–water partition coefficient (Wildman–Crippen LogP) is 4.63. The van der Waals surface area contributed by atoms with Crippen LogP contribution in [0.5, 0.6) is 0 Å². The van der Waals surface area contributed by atoms with E-state index in [-0.39, 0.29) is 11.0 Å². The summed E-state index contributed by atoms with van der Waals surface area (Å²) in [6.07, 6.45) is 2.84. The SMILES string of the molecule is CN1CCCC2(CC1)CN(C(=O)c1cccc(F)c1F)c1ccc(Cl)cc12. The van der Waals surface area contributed by atoms with Gasteiger partial charge in [-0.15, -0.1) is 0 Å². The van der Waals surface area contributed by atoms with Gasteiger partial charge in [0, 0.05) is 22.7 Å². The molecule has 0 bridgehead atoms. The second-order valence-electron chi connectivity index (χ2n) is 7.59. The molecule has 2 aliphatic rings. The van der Waals surface area contributed by atoms with E-state index < -0.39 is 17.5 Å². The maximum absolute atomic E-state index is 14.2. The average Bonchev–Trinajstić information content (AvgIpc) is 2.82. The molecule has 0 aromatic heterocycles. The number of halogens is 3. The van der Waals surface area contributed by atoms with Crippen molar-refractivity contribution < 1.29 is 13.6 Å². The Hall–Kier alpha value is -1.98. The van der Waals surface area contributed by atoms with Gasteiger partial charge in [-0.1, -0.05) is 17.7 Å². The Morgan fingerprint density at radius 1 is 1.15 bits per heavy atom. The second-order valence-corrected chi connectivity index (χ2v) is 8.03. The van der Waals surface area contributed by atoms with Gasteiger partial charge in [0.15, 0.2) is 11.6 Å². The van der Waals surface area contributed by atoms with Crippen LogP contribution in [0.2, 0.25) is 5.02 Å². The molecule has 3 nitrogen and oxygen atoms in total. The molecule has 6 heteroatoms. The van der Waals surface area contributed by atoms with Gasteiger partial charge in [-0.2, -0.15) is 0 Å². The minimum absolute atomic E-state index is 0.204. The molecule has 2 aromatic carbocycles. The minimum Gasteiger partial charge on any atom is -0.307 e. The van der Waals surface area contributed by atoms with Crippen LogP contribution < -0.4 is 4.90 Å². The van der Waals surface area contributed by atoms with E-state index in [1.807, 2.05) is 12.1 Å². The topological polar surface area (TPSA) is 23.6 Å². The molecule has 2 aromatic rings. The first-order valence-electron chi connectivity index (χ1n) is 9.16. The molecule has 0 saturated carbocycles. The van der Waals surface area contributed by atoms with E-state index in [9.17, 15) is 13.6 Å². The van der Waals surface area contributed by atoms with Crippen LogP contribution >= 0.6 is 11.6 Å². The highest BCUT2D eigenvalue weighted by Gasteiger charge is 2.45. The van der Waals surface area contributed by atoms with Gasteiger partial charge in [-0.3, -0.25) is 4.79 Å². The predicted molar refractivity (Wildman–Crippen MR) is 103 cm³/mol. The van der Waals surface area contributed by atoms with Gasteiger partial charge in [0.1, 0.15) is 0 Å². The van der Waals surface area contributed by atoms with Crippen molar-refractivity contribution in [2.45, 2.75) is 24.7 Å². The summed E-state index contributed by atoms with van der Waals surface area (Å²) in [5, 5.41) is 0.622. The molecule has 2 heterocycles. The van der Waals surface area contributed by atoms with Crippen molar-refractivity contribution in [1.82, 2.24) is 4.90 Å². The highest BCUT2D eigenvalue weighted by atomic mass is 35.5. The van der Waals surface area contributed by atoms with Crippen LogP contribution in [-0.4, -0.2) is 37.5 Å². The van der Waals surface area contributed by atoms with Gasteiger partial charge < -0.3 is 9.80 Å². The molecule has 1 fully saturated rings. The summed E-state index contributed by atoms with van der Waals surface area (Å²) in [6, 6.07) is 9.20. The van der Waals surface area contributed by atoms with Crippen LogP contribution in [0, 0.1) is 11.6 Å². The molecule has 2 aliphatic heterocycles. The van der Waals surface area contributed by atoms with Crippen molar-refractivity contribution in [3.8, 4) is 0 Å². The minimum atomic E-state index is -1.10. The lowest BCUT2D eigenvalue weighted by Gasteiger charge is -2.29. The van der Waals surface area contributed by atoms with E-state index in [1.165, 1.54) is 12.1 Å². The second kappa shape index (κ2) is 6.88. The van der Waals surface area contributed by atoms with Gasteiger partial charge in [0.25, 0.3) is 5.91 Å². The molecule has 1 unspecified atom stereocenters. The summed E-state index contributed by atoms with van der Waals surface area (Å²) < 4.78 is 27.9. The Bertz CT molecular complexity index is 904. The van der Waals surface area contributed by atoms with Gasteiger partial charge in [-0.25, -0.2) is 8.78 Å². The average molecular weight is 391 g/mol. The fraction of sp³-hybridized carbons (Fsp3) is 0.381. The number of fused-ring (bicyclic) bond motifs is 2. The molecule has 0 N–H and O–H groups in total. The van der Waals surface area contributed by atoms with E-state index >= 15 is 0 Å². The Morgan fingerprint density at radius 2 is 1.96 bits per heavy atom. The summed E-state index contributed by atoms with van der Waals surface area (Å²) in [4.78, 5) is 17.0. The third kappa shape index (κ3) is 3.13. The number of anilines is 1. The van der Waals surface area contributed by atoms with Crippen molar-refractivity contribution in [3.63, 3.8) is 0 Å². The number of hydrogen-bond donors (Lipinski definition) is 0. The van der Waals surface area contributed by atoms with Gasteiger partial charge in [0.05, 0.1) is 5.56 Å². The normalized spacial score (nSPS) is 22.7. The van der Waals surface area contributed by atoms with E-state index in [4.69, 9.17) is 11.6 Å². The van der Waals surface area contributed by atoms with Crippen LogP contribution in [0.25, 0.3) is 0 Å². The number of rotatable bonds is 1. The summed E-state index contributed by atoms with van der Waals surface area (Å²) in [5.41, 5.74) is 1.34. The summed E-state index contributed by atoms with van der Waals surface area (Å²) in [6.45, 7) is 2.39. The number of hydrogen-bond acceptors (Lipinski definition) is 2. The largest absolute Gasteiger partial charge is 0.307 e. The Kier molecular flexibility index (Phi) is 4.68. The lowest BCUT2D eigenvalue weighted by Crippen LogP contribution is -2.38. The monoisotopic (exact) mass is 390 g/mol. The van der Waals surface area contributed by atoms with Crippen LogP contribution in [0.15, 0.2) is 36.4 Å².